The third-order valence-electron chi connectivity index (χ3n) is 5.38. The van der Waals surface area contributed by atoms with Crippen molar-refractivity contribution in [1.29, 1.82) is 0 Å². The number of aromatic amines is 1. The van der Waals surface area contributed by atoms with Gasteiger partial charge in [0.25, 0.3) is 5.56 Å². The monoisotopic (exact) mass is 467 g/mol. The smallest absolute Gasteiger partial charge is 0.328 e. The molecule has 0 spiro atoms. The molecule has 1 aliphatic heterocycles. The van der Waals surface area contributed by atoms with Gasteiger partial charge >= 0.3 is 5.69 Å². The van der Waals surface area contributed by atoms with Gasteiger partial charge in [0.2, 0.25) is 10.0 Å². The summed E-state index contributed by atoms with van der Waals surface area (Å²) in [5.74, 6) is -1.07. The van der Waals surface area contributed by atoms with Gasteiger partial charge in [0, 0.05) is 18.7 Å². The van der Waals surface area contributed by atoms with E-state index in [1.807, 2.05) is 0 Å². The molecule has 0 radical (unpaired) electrons. The molecule has 164 valence electrons. The fraction of sp³-hybridized carbons (Fsp3) is 0.300. The lowest BCUT2D eigenvalue weighted by Crippen LogP contribution is -2.50. The number of sulfonamides is 1. The Morgan fingerprint density at radius 1 is 1.26 bits per heavy atom. The molecule has 0 aliphatic carbocycles. The van der Waals surface area contributed by atoms with Gasteiger partial charge in [-0.15, -0.1) is 0 Å². The highest BCUT2D eigenvalue weighted by molar-refractivity contribution is 7.89. The van der Waals surface area contributed by atoms with Crippen LogP contribution in [0.3, 0.4) is 0 Å². The molecule has 1 aromatic heterocycles. The summed E-state index contributed by atoms with van der Waals surface area (Å²) in [4.78, 5) is 25.3. The predicted molar refractivity (Wildman–Crippen MR) is 113 cm³/mol. The van der Waals surface area contributed by atoms with Crippen molar-refractivity contribution in [1.82, 2.24) is 14.3 Å². The van der Waals surface area contributed by atoms with Crippen LogP contribution in [-0.2, 0) is 28.2 Å². The fourth-order valence-corrected chi connectivity index (χ4v) is 5.39. The molecule has 2 aromatic carbocycles. The van der Waals surface area contributed by atoms with E-state index in [-0.39, 0.29) is 17.5 Å². The largest absolute Gasteiger partial charge is 0.379 e. The van der Waals surface area contributed by atoms with E-state index in [9.17, 15) is 22.4 Å². The third-order valence-corrected chi connectivity index (χ3v) is 7.23. The lowest BCUT2D eigenvalue weighted by atomic mass is 9.91. The zero-order chi connectivity index (χ0) is 22.4. The first-order valence-corrected chi connectivity index (χ1v) is 11.3. The number of benzene rings is 2. The third kappa shape index (κ3) is 4.16. The van der Waals surface area contributed by atoms with E-state index >= 15 is 0 Å². The van der Waals surface area contributed by atoms with Gasteiger partial charge in [0.15, 0.2) is 0 Å². The van der Waals surface area contributed by atoms with Crippen LogP contribution in [0.2, 0.25) is 5.02 Å². The molecule has 0 bridgehead atoms. The maximum Gasteiger partial charge on any atom is 0.328 e. The molecule has 4 rings (SSSR count). The molecule has 0 saturated carbocycles. The van der Waals surface area contributed by atoms with Crippen LogP contribution in [0.4, 0.5) is 4.39 Å². The molecule has 1 aliphatic rings. The Hall–Kier alpha value is -2.53. The van der Waals surface area contributed by atoms with E-state index in [1.165, 1.54) is 7.05 Å². The Bertz CT molecular complexity index is 1380. The summed E-state index contributed by atoms with van der Waals surface area (Å²) in [7, 11) is -3.01. The van der Waals surface area contributed by atoms with Crippen molar-refractivity contribution in [2.24, 2.45) is 7.05 Å². The second kappa shape index (κ2) is 7.86. The van der Waals surface area contributed by atoms with E-state index in [0.29, 0.717) is 24.5 Å². The van der Waals surface area contributed by atoms with E-state index in [1.54, 1.807) is 24.3 Å². The van der Waals surface area contributed by atoms with Gasteiger partial charge in [0.05, 0.1) is 23.0 Å². The number of ether oxygens (including phenoxy) is 1. The van der Waals surface area contributed by atoms with E-state index in [4.69, 9.17) is 16.3 Å². The summed E-state index contributed by atoms with van der Waals surface area (Å²) in [6, 6.07) is 8.79. The molecule has 0 amide bonds. The molecular weight excluding hydrogens is 449 g/mol. The van der Waals surface area contributed by atoms with Gasteiger partial charge in [-0.1, -0.05) is 23.7 Å². The topological polar surface area (TPSA) is 110 Å². The van der Waals surface area contributed by atoms with Crippen LogP contribution >= 0.6 is 11.6 Å². The number of nitrogens with zero attached hydrogens (tertiary/aromatic N) is 1. The minimum Gasteiger partial charge on any atom is -0.379 e. The zero-order valence-corrected chi connectivity index (χ0v) is 18.0. The van der Waals surface area contributed by atoms with Gasteiger partial charge < -0.3 is 4.74 Å². The van der Waals surface area contributed by atoms with Crippen molar-refractivity contribution in [3.05, 3.63) is 73.6 Å². The van der Waals surface area contributed by atoms with Crippen LogP contribution in [-0.4, -0.2) is 36.7 Å². The van der Waals surface area contributed by atoms with Gasteiger partial charge in [-0.3, -0.25) is 14.3 Å². The minimum atomic E-state index is -4.36. The molecule has 31 heavy (non-hydrogen) atoms. The van der Waals surface area contributed by atoms with Crippen LogP contribution in [0, 0.1) is 5.82 Å². The first-order chi connectivity index (χ1) is 14.6. The molecule has 1 atom stereocenters. The van der Waals surface area contributed by atoms with Crippen LogP contribution in [0.1, 0.15) is 12.0 Å². The lowest BCUT2D eigenvalue weighted by molar-refractivity contribution is 0.173. The summed E-state index contributed by atoms with van der Waals surface area (Å²) >= 11 is 5.92. The maximum absolute atomic E-state index is 14.8. The number of rotatable bonds is 5. The molecule has 11 heteroatoms. The Morgan fingerprint density at radius 3 is 2.61 bits per heavy atom. The van der Waals surface area contributed by atoms with Crippen molar-refractivity contribution in [2.75, 3.05) is 13.2 Å². The summed E-state index contributed by atoms with van der Waals surface area (Å²) in [6.07, 6.45) is 0.701. The van der Waals surface area contributed by atoms with Crippen LogP contribution in [0.25, 0.3) is 10.9 Å². The number of fused-ring (bicyclic) bond motifs is 1. The molecule has 2 N–H and O–H groups in total. The number of aromatic nitrogens is 2. The number of hydrogen-bond donors (Lipinski definition) is 2. The predicted octanol–water partition coefficient (Wildman–Crippen LogP) is 1.70. The van der Waals surface area contributed by atoms with Gasteiger partial charge in [0.1, 0.15) is 10.7 Å². The number of nitrogens with one attached hydrogen (secondary N) is 2. The second-order valence-corrected chi connectivity index (χ2v) is 9.70. The molecule has 1 unspecified atom stereocenters. The van der Waals surface area contributed by atoms with Crippen molar-refractivity contribution in [3.8, 4) is 0 Å². The Morgan fingerprint density at radius 2 is 1.97 bits per heavy atom. The number of aryl methyl sites for hydroxylation is 1. The molecule has 3 aromatic rings. The van der Waals surface area contributed by atoms with E-state index in [2.05, 4.69) is 9.71 Å². The molecular formula is C20H19ClFN3O5S. The van der Waals surface area contributed by atoms with Crippen molar-refractivity contribution < 1.29 is 17.5 Å². The van der Waals surface area contributed by atoms with Crippen molar-refractivity contribution in [3.63, 3.8) is 0 Å². The maximum atomic E-state index is 14.8. The Kier molecular flexibility index (Phi) is 5.50. The second-order valence-electron chi connectivity index (χ2n) is 7.61. The lowest BCUT2D eigenvalue weighted by Gasteiger charge is -2.29. The Labute approximate surface area is 181 Å². The van der Waals surface area contributed by atoms with Crippen molar-refractivity contribution in [2.45, 2.75) is 23.3 Å². The summed E-state index contributed by atoms with van der Waals surface area (Å²) in [6.45, 7) is 0.456. The summed E-state index contributed by atoms with van der Waals surface area (Å²) in [5, 5.41) is 0.442. The van der Waals surface area contributed by atoms with Crippen LogP contribution in [0.15, 0.2) is 50.9 Å². The van der Waals surface area contributed by atoms with Gasteiger partial charge in [-0.05, 0) is 42.7 Å². The number of hydrogen-bond acceptors (Lipinski definition) is 5. The van der Waals surface area contributed by atoms with Crippen molar-refractivity contribution >= 4 is 32.5 Å². The fourth-order valence-electron chi connectivity index (χ4n) is 3.76. The highest BCUT2D eigenvalue weighted by atomic mass is 35.5. The van der Waals surface area contributed by atoms with Gasteiger partial charge in [-0.25, -0.2) is 22.3 Å². The summed E-state index contributed by atoms with van der Waals surface area (Å²) < 4.78 is 50.2. The minimum absolute atomic E-state index is 0.00900. The average molecular weight is 468 g/mol. The molecule has 1 fully saturated rings. The number of halogens is 2. The van der Waals surface area contributed by atoms with Gasteiger partial charge in [-0.2, -0.15) is 0 Å². The van der Waals surface area contributed by atoms with Crippen LogP contribution in [0.5, 0.6) is 0 Å². The standard InChI is InChI=1S/C20H19ClFN3O5S/c1-25-16-9-15(22)17(8-14(16)18(26)23-19(25)27)31(28,29)24-20(6-7-30-11-20)10-12-2-4-13(21)5-3-12/h2-5,8-9,24H,6-7,10-11H2,1H3,(H,23,26,27). The van der Waals surface area contributed by atoms with E-state index < -0.39 is 37.5 Å². The molecule has 1 saturated heterocycles. The summed E-state index contributed by atoms with van der Waals surface area (Å²) in [5.41, 5.74) is -1.68. The van der Waals surface area contributed by atoms with E-state index in [0.717, 1.165) is 22.3 Å². The zero-order valence-electron chi connectivity index (χ0n) is 16.4. The highest BCUT2D eigenvalue weighted by Gasteiger charge is 2.40. The Balaban J connectivity index is 1.75. The average Bonchev–Trinajstić information content (AvgIpc) is 3.14. The quantitative estimate of drug-likeness (QED) is 0.593. The normalized spacial score (nSPS) is 19.2. The molecule has 8 nitrogen and oxygen atoms in total. The SMILES string of the molecule is Cn1c(=O)[nH]c(=O)c2cc(S(=O)(=O)NC3(Cc4ccc(Cl)cc4)CCOC3)c(F)cc21. The number of H-pyrrole nitrogens is 1. The highest BCUT2D eigenvalue weighted by Crippen LogP contribution is 2.28. The van der Waals surface area contributed by atoms with Crippen LogP contribution < -0.4 is 16.0 Å². The first kappa shape index (κ1) is 21.7. The first-order valence-electron chi connectivity index (χ1n) is 9.39. The molecule has 2 heterocycles.